The van der Waals surface area contributed by atoms with Gasteiger partial charge in [-0.05, 0) is 6.07 Å². The van der Waals surface area contributed by atoms with Gasteiger partial charge >= 0.3 is 0 Å². The van der Waals surface area contributed by atoms with Crippen LogP contribution < -0.4 is 5.14 Å². The lowest BCUT2D eigenvalue weighted by molar-refractivity contribution is 0.0366. The van der Waals surface area contributed by atoms with Crippen LogP contribution in [0.15, 0.2) is 19.6 Å². The van der Waals surface area contributed by atoms with E-state index >= 15 is 0 Å². The maximum Gasteiger partial charge on any atom is 0.247 e. The van der Waals surface area contributed by atoms with Crippen molar-refractivity contribution in [1.29, 1.82) is 0 Å². The molecular weight excluding hydrogens is 332 g/mol. The van der Waals surface area contributed by atoms with Gasteiger partial charge in [-0.25, -0.2) is 18.0 Å². The Bertz CT molecular complexity index is 637. The first kappa shape index (κ1) is 15.3. The third kappa shape index (κ3) is 3.76. The van der Waals surface area contributed by atoms with Crippen molar-refractivity contribution < 1.29 is 13.2 Å². The first-order valence-corrected chi connectivity index (χ1v) is 9.62. The fourth-order valence-corrected chi connectivity index (χ4v) is 5.18. The molecule has 0 atom stereocenters. The summed E-state index contributed by atoms with van der Waals surface area (Å²) in [4.78, 5) is 2.33. The Morgan fingerprint density at radius 3 is 2.81 bits per heavy atom. The minimum absolute atomic E-state index is 0.182. The quantitative estimate of drug-likeness (QED) is 0.792. The van der Waals surface area contributed by atoms with E-state index < -0.39 is 10.0 Å². The Kier molecular flexibility index (Phi) is 4.52. The van der Waals surface area contributed by atoms with Crippen LogP contribution in [0.2, 0.25) is 0 Å². The topological polar surface area (TPSA) is 88.2 Å². The third-order valence-electron chi connectivity index (χ3n) is 3.21. The number of ether oxygens (including phenoxy) is 1. The Morgan fingerprint density at radius 2 is 2.10 bits per heavy atom. The molecule has 1 aromatic heterocycles. The molecule has 0 unspecified atom stereocenters. The van der Waals surface area contributed by atoms with E-state index in [-0.39, 0.29) is 4.21 Å². The number of fused-ring (bicyclic) bond motifs is 1. The van der Waals surface area contributed by atoms with Gasteiger partial charge in [-0.2, -0.15) is 5.10 Å². The monoisotopic (exact) mass is 348 g/mol. The molecule has 21 heavy (non-hydrogen) atoms. The van der Waals surface area contributed by atoms with Crippen LogP contribution in [0.1, 0.15) is 5.56 Å². The molecule has 0 amide bonds. The summed E-state index contributed by atoms with van der Waals surface area (Å²) in [5.41, 5.74) is 0.816. The molecule has 7 nitrogen and oxygen atoms in total. The van der Waals surface area contributed by atoms with Crippen LogP contribution in [0.5, 0.6) is 0 Å². The molecule has 0 spiro atoms. The van der Waals surface area contributed by atoms with E-state index in [1.165, 1.54) is 23.3 Å². The summed E-state index contributed by atoms with van der Waals surface area (Å²) in [6.45, 7) is 5.15. The zero-order valence-corrected chi connectivity index (χ0v) is 13.7. The molecule has 10 heteroatoms. The van der Waals surface area contributed by atoms with Crippen molar-refractivity contribution in [3.05, 3.63) is 11.6 Å². The van der Waals surface area contributed by atoms with Crippen LogP contribution in [0, 0.1) is 0 Å². The number of rotatable bonds is 4. The summed E-state index contributed by atoms with van der Waals surface area (Å²) in [6.07, 6.45) is 1.69. The molecule has 0 aromatic carbocycles. The fourth-order valence-electron chi connectivity index (χ4n) is 2.07. The lowest BCUT2D eigenvalue weighted by atomic mass is 10.4. The molecule has 1 fully saturated rings. The van der Waals surface area contributed by atoms with Crippen LogP contribution >= 0.6 is 23.3 Å². The molecule has 2 aliphatic heterocycles. The summed E-state index contributed by atoms with van der Waals surface area (Å²) >= 11 is 2.65. The van der Waals surface area contributed by atoms with E-state index in [1.54, 1.807) is 12.3 Å². The molecule has 0 radical (unpaired) electrons. The van der Waals surface area contributed by atoms with Gasteiger partial charge in [-0.1, -0.05) is 0 Å². The Balaban J connectivity index is 1.60. The average Bonchev–Trinajstić information content (AvgIpc) is 2.89. The van der Waals surface area contributed by atoms with Gasteiger partial charge in [0.15, 0.2) is 0 Å². The molecule has 1 saturated heterocycles. The Hall–Kier alpha value is -0.650. The van der Waals surface area contributed by atoms with Crippen molar-refractivity contribution in [3.8, 4) is 0 Å². The fraction of sp³-hybridized carbons (Fsp3) is 0.545. The Labute approximate surface area is 131 Å². The van der Waals surface area contributed by atoms with Crippen molar-refractivity contribution in [1.82, 2.24) is 9.31 Å². The largest absolute Gasteiger partial charge is 0.379 e. The minimum Gasteiger partial charge on any atom is -0.379 e. The number of morpholine rings is 1. The molecule has 2 aliphatic rings. The van der Waals surface area contributed by atoms with Gasteiger partial charge in [0.1, 0.15) is 4.21 Å². The molecule has 0 saturated carbocycles. The standard InChI is InChI=1S/C11H16N4O3S3/c12-21(16,17)10-7-9-8-13-15(20-11(9)19-10)2-1-14-3-5-18-6-4-14/h7-8H,1-6H2,(H2,12,16,17). The lowest BCUT2D eigenvalue weighted by Crippen LogP contribution is -2.39. The number of hydrazone groups is 1. The number of thiophene rings is 1. The number of hydrogen-bond acceptors (Lipinski definition) is 8. The number of nitrogens with zero attached hydrogens (tertiary/aromatic N) is 3. The third-order valence-corrected chi connectivity index (χ3v) is 6.94. The maximum atomic E-state index is 11.4. The summed E-state index contributed by atoms with van der Waals surface area (Å²) in [6, 6.07) is 1.57. The van der Waals surface area contributed by atoms with Gasteiger partial charge in [-0.15, -0.1) is 11.3 Å². The van der Waals surface area contributed by atoms with Crippen LogP contribution in [-0.4, -0.2) is 63.3 Å². The predicted molar refractivity (Wildman–Crippen MR) is 83.1 cm³/mol. The lowest BCUT2D eigenvalue weighted by Gasteiger charge is -2.28. The molecule has 2 N–H and O–H groups in total. The van der Waals surface area contributed by atoms with Crippen LogP contribution in [0.3, 0.4) is 0 Å². The summed E-state index contributed by atoms with van der Waals surface area (Å²) < 4.78 is 31.0. The smallest absolute Gasteiger partial charge is 0.247 e. The number of hydrogen-bond donors (Lipinski definition) is 1. The summed E-state index contributed by atoms with van der Waals surface area (Å²) in [7, 11) is -3.64. The highest BCUT2D eigenvalue weighted by molar-refractivity contribution is 7.99. The predicted octanol–water partition coefficient (Wildman–Crippen LogP) is 0.384. The zero-order chi connectivity index (χ0) is 14.9. The van der Waals surface area contributed by atoms with E-state index in [0.717, 1.165) is 49.2 Å². The van der Waals surface area contributed by atoms with Crippen molar-refractivity contribution >= 4 is 39.5 Å². The van der Waals surface area contributed by atoms with Crippen LogP contribution in [-0.2, 0) is 14.8 Å². The van der Waals surface area contributed by atoms with Gasteiger partial charge < -0.3 is 4.74 Å². The Morgan fingerprint density at radius 1 is 1.33 bits per heavy atom. The molecule has 3 heterocycles. The van der Waals surface area contributed by atoms with E-state index in [9.17, 15) is 8.42 Å². The zero-order valence-electron chi connectivity index (χ0n) is 11.3. The SMILES string of the molecule is NS(=O)(=O)c1cc2c(s1)SN(CCN1CCOCC1)N=C2. The van der Waals surface area contributed by atoms with Crippen LogP contribution in [0.4, 0.5) is 0 Å². The molecule has 3 rings (SSSR count). The highest BCUT2D eigenvalue weighted by Crippen LogP contribution is 2.37. The van der Waals surface area contributed by atoms with Gasteiger partial charge in [0.05, 0.1) is 30.2 Å². The number of nitrogens with two attached hydrogens (primary N) is 1. The van der Waals surface area contributed by atoms with Gasteiger partial charge in [0.2, 0.25) is 10.0 Å². The van der Waals surface area contributed by atoms with Crippen molar-refractivity contribution in [2.75, 3.05) is 39.4 Å². The first-order valence-electron chi connectivity index (χ1n) is 6.48. The molecule has 116 valence electrons. The second-order valence-corrected chi connectivity index (χ2v) is 8.83. The molecular formula is C11H16N4O3S3. The summed E-state index contributed by atoms with van der Waals surface area (Å²) in [5.74, 6) is 0. The van der Waals surface area contributed by atoms with E-state index in [2.05, 4.69) is 10.0 Å². The normalized spacial score (nSPS) is 19.8. The maximum absolute atomic E-state index is 11.4. The van der Waals surface area contributed by atoms with Crippen molar-refractivity contribution in [2.45, 2.75) is 8.42 Å². The first-order chi connectivity index (χ1) is 10.0. The van der Waals surface area contributed by atoms with E-state index in [1.807, 2.05) is 4.41 Å². The second-order valence-electron chi connectivity index (χ2n) is 4.72. The average molecular weight is 348 g/mol. The van der Waals surface area contributed by atoms with E-state index in [4.69, 9.17) is 9.88 Å². The summed E-state index contributed by atoms with van der Waals surface area (Å²) in [5, 5.41) is 9.49. The van der Waals surface area contributed by atoms with Crippen molar-refractivity contribution in [2.24, 2.45) is 10.2 Å². The van der Waals surface area contributed by atoms with E-state index in [0.29, 0.717) is 0 Å². The molecule has 1 aromatic rings. The van der Waals surface area contributed by atoms with Crippen molar-refractivity contribution in [3.63, 3.8) is 0 Å². The molecule has 0 aliphatic carbocycles. The highest BCUT2D eigenvalue weighted by atomic mass is 32.3. The molecule has 0 bridgehead atoms. The van der Waals surface area contributed by atoms with Crippen LogP contribution in [0.25, 0.3) is 0 Å². The van der Waals surface area contributed by atoms with Gasteiger partial charge in [0.25, 0.3) is 0 Å². The van der Waals surface area contributed by atoms with Gasteiger partial charge in [-0.3, -0.25) is 4.90 Å². The highest BCUT2D eigenvalue weighted by Gasteiger charge is 2.21. The van der Waals surface area contributed by atoms with Gasteiger partial charge in [0, 0.05) is 37.1 Å². The number of primary sulfonamides is 1. The minimum atomic E-state index is -3.64. The second kappa shape index (κ2) is 6.23. The number of sulfonamides is 1.